The molecule has 3 aromatic rings. The summed E-state index contributed by atoms with van der Waals surface area (Å²) in [6.45, 7) is 5.49. The third-order valence-corrected chi connectivity index (χ3v) is 5.74. The summed E-state index contributed by atoms with van der Waals surface area (Å²) in [6.07, 6.45) is 0. The van der Waals surface area contributed by atoms with Gasteiger partial charge in [0, 0.05) is 16.7 Å². The predicted molar refractivity (Wildman–Crippen MR) is 113 cm³/mol. The van der Waals surface area contributed by atoms with Crippen LogP contribution in [0.4, 0.5) is 0 Å². The number of benzene rings is 3. The van der Waals surface area contributed by atoms with Gasteiger partial charge in [0.15, 0.2) is 0 Å². The summed E-state index contributed by atoms with van der Waals surface area (Å²) >= 11 is 0. The zero-order valence-corrected chi connectivity index (χ0v) is 16.3. The van der Waals surface area contributed by atoms with Crippen molar-refractivity contribution in [2.75, 3.05) is 26.2 Å². The van der Waals surface area contributed by atoms with E-state index in [-0.39, 0.29) is 5.91 Å². The first-order chi connectivity index (χ1) is 13.7. The molecule has 1 amide bonds. The number of hydrogen-bond acceptors (Lipinski definition) is 1. The second-order valence-corrected chi connectivity index (χ2v) is 7.52. The average molecular weight is 372 g/mol. The molecule has 28 heavy (non-hydrogen) atoms. The standard InChI is InChI=1S/C25H26N2O/c1-20-10-8-9-15-23(20)25(28)27-18-16-26(17-19-27)24(21-11-4-2-5-12-21)22-13-6-3-7-14-22/h2-15,24H,16-19H2,1H3/p+1. The Balaban J connectivity index is 1.52. The zero-order valence-electron chi connectivity index (χ0n) is 16.3. The fourth-order valence-corrected chi connectivity index (χ4v) is 4.22. The Morgan fingerprint density at radius 1 is 0.786 bits per heavy atom. The summed E-state index contributed by atoms with van der Waals surface area (Å²) in [5.74, 6) is 0.160. The second-order valence-electron chi connectivity index (χ2n) is 7.52. The van der Waals surface area contributed by atoms with E-state index >= 15 is 0 Å². The number of piperazine rings is 1. The SMILES string of the molecule is Cc1ccccc1C(=O)N1CC[NH+](C(c2ccccc2)c2ccccc2)CC1. The number of carbonyl (C=O) groups is 1. The van der Waals surface area contributed by atoms with E-state index in [1.165, 1.54) is 16.0 Å². The maximum Gasteiger partial charge on any atom is 0.254 e. The van der Waals surface area contributed by atoms with Crippen LogP contribution in [0.25, 0.3) is 0 Å². The number of nitrogens with zero attached hydrogens (tertiary/aromatic N) is 1. The molecule has 3 nitrogen and oxygen atoms in total. The van der Waals surface area contributed by atoms with Gasteiger partial charge in [0.25, 0.3) is 5.91 Å². The van der Waals surface area contributed by atoms with E-state index in [0.717, 1.165) is 37.3 Å². The monoisotopic (exact) mass is 371 g/mol. The van der Waals surface area contributed by atoms with Gasteiger partial charge in [-0.05, 0) is 18.6 Å². The van der Waals surface area contributed by atoms with Crippen molar-refractivity contribution < 1.29 is 9.69 Å². The highest BCUT2D eigenvalue weighted by Crippen LogP contribution is 2.19. The van der Waals surface area contributed by atoms with E-state index in [2.05, 4.69) is 60.7 Å². The van der Waals surface area contributed by atoms with Crippen molar-refractivity contribution in [2.45, 2.75) is 13.0 Å². The molecule has 3 aromatic carbocycles. The molecule has 0 aliphatic carbocycles. The van der Waals surface area contributed by atoms with Gasteiger partial charge in [0.1, 0.15) is 6.04 Å². The van der Waals surface area contributed by atoms with Crippen molar-refractivity contribution in [1.29, 1.82) is 0 Å². The molecule has 0 bridgehead atoms. The second kappa shape index (κ2) is 8.41. The highest BCUT2D eigenvalue weighted by atomic mass is 16.2. The number of quaternary nitrogens is 1. The number of nitrogens with one attached hydrogen (secondary N) is 1. The first-order valence-electron chi connectivity index (χ1n) is 10.0. The average Bonchev–Trinajstić information content (AvgIpc) is 2.76. The van der Waals surface area contributed by atoms with Gasteiger partial charge in [0.05, 0.1) is 26.2 Å². The molecule has 0 saturated carbocycles. The van der Waals surface area contributed by atoms with Crippen LogP contribution >= 0.6 is 0 Å². The molecule has 1 N–H and O–H groups in total. The largest absolute Gasteiger partial charge is 0.327 e. The van der Waals surface area contributed by atoms with Crippen molar-refractivity contribution in [2.24, 2.45) is 0 Å². The van der Waals surface area contributed by atoms with Crippen LogP contribution in [-0.4, -0.2) is 37.0 Å². The third-order valence-electron chi connectivity index (χ3n) is 5.74. The lowest BCUT2D eigenvalue weighted by Gasteiger charge is -2.37. The molecule has 1 heterocycles. The van der Waals surface area contributed by atoms with Crippen molar-refractivity contribution in [3.05, 3.63) is 107 Å². The minimum Gasteiger partial charge on any atom is -0.327 e. The Hall–Kier alpha value is -2.91. The molecule has 142 valence electrons. The lowest BCUT2D eigenvalue weighted by molar-refractivity contribution is -0.929. The van der Waals surface area contributed by atoms with E-state index in [4.69, 9.17) is 0 Å². The maximum atomic E-state index is 13.0. The van der Waals surface area contributed by atoms with Gasteiger partial charge < -0.3 is 9.80 Å². The van der Waals surface area contributed by atoms with Gasteiger partial charge in [-0.1, -0.05) is 78.9 Å². The Morgan fingerprint density at radius 3 is 1.82 bits per heavy atom. The first-order valence-corrected chi connectivity index (χ1v) is 10.0. The molecule has 0 radical (unpaired) electrons. The number of amides is 1. The number of aryl methyl sites for hydroxylation is 1. The minimum atomic E-state index is 0.160. The number of carbonyl (C=O) groups excluding carboxylic acids is 1. The molecule has 1 aliphatic heterocycles. The van der Waals surface area contributed by atoms with Crippen molar-refractivity contribution in [3.8, 4) is 0 Å². The summed E-state index contributed by atoms with van der Waals surface area (Å²) in [6, 6.07) is 29.6. The van der Waals surface area contributed by atoms with E-state index in [1.807, 2.05) is 36.1 Å². The summed E-state index contributed by atoms with van der Waals surface area (Å²) in [7, 11) is 0. The molecule has 3 heteroatoms. The van der Waals surface area contributed by atoms with Gasteiger partial charge in [-0.3, -0.25) is 4.79 Å². The predicted octanol–water partition coefficient (Wildman–Crippen LogP) is 3.13. The Kier molecular flexibility index (Phi) is 5.54. The summed E-state index contributed by atoms with van der Waals surface area (Å²) in [4.78, 5) is 16.5. The third kappa shape index (κ3) is 3.85. The molecule has 1 fully saturated rings. The topological polar surface area (TPSA) is 24.8 Å². The summed E-state index contributed by atoms with van der Waals surface area (Å²) in [5.41, 5.74) is 4.55. The summed E-state index contributed by atoms with van der Waals surface area (Å²) in [5, 5.41) is 0. The fraction of sp³-hybridized carbons (Fsp3) is 0.240. The van der Waals surface area contributed by atoms with E-state index < -0.39 is 0 Å². The Morgan fingerprint density at radius 2 is 1.29 bits per heavy atom. The van der Waals surface area contributed by atoms with Crippen molar-refractivity contribution in [3.63, 3.8) is 0 Å². The molecule has 1 aliphatic rings. The van der Waals surface area contributed by atoms with Crippen LogP contribution in [0.1, 0.15) is 33.1 Å². The van der Waals surface area contributed by atoms with Crippen LogP contribution in [0.2, 0.25) is 0 Å². The van der Waals surface area contributed by atoms with E-state index in [0.29, 0.717) is 6.04 Å². The molecular weight excluding hydrogens is 344 g/mol. The van der Waals surface area contributed by atoms with Crippen LogP contribution in [-0.2, 0) is 0 Å². The maximum absolute atomic E-state index is 13.0. The Bertz CT molecular complexity index is 876. The normalized spacial score (nSPS) is 15.0. The van der Waals surface area contributed by atoms with Crippen LogP contribution in [0.3, 0.4) is 0 Å². The van der Waals surface area contributed by atoms with Crippen LogP contribution < -0.4 is 4.90 Å². The minimum absolute atomic E-state index is 0.160. The number of rotatable bonds is 4. The molecule has 0 aromatic heterocycles. The van der Waals surface area contributed by atoms with Gasteiger partial charge in [-0.2, -0.15) is 0 Å². The smallest absolute Gasteiger partial charge is 0.254 e. The molecule has 4 rings (SSSR count). The van der Waals surface area contributed by atoms with Gasteiger partial charge >= 0.3 is 0 Å². The van der Waals surface area contributed by atoms with Gasteiger partial charge in [-0.25, -0.2) is 0 Å². The van der Waals surface area contributed by atoms with E-state index in [9.17, 15) is 4.79 Å². The lowest BCUT2D eigenvalue weighted by Crippen LogP contribution is -3.15. The first kappa shape index (κ1) is 18.5. The van der Waals surface area contributed by atoms with Crippen LogP contribution in [0.15, 0.2) is 84.9 Å². The number of hydrogen-bond donors (Lipinski definition) is 1. The quantitative estimate of drug-likeness (QED) is 0.749. The van der Waals surface area contributed by atoms with Crippen molar-refractivity contribution >= 4 is 5.91 Å². The highest BCUT2D eigenvalue weighted by Gasteiger charge is 2.31. The summed E-state index contributed by atoms with van der Waals surface area (Å²) < 4.78 is 0. The van der Waals surface area contributed by atoms with E-state index in [1.54, 1.807) is 0 Å². The van der Waals surface area contributed by atoms with Crippen LogP contribution in [0, 0.1) is 6.92 Å². The zero-order chi connectivity index (χ0) is 19.3. The van der Waals surface area contributed by atoms with Crippen molar-refractivity contribution in [1.82, 2.24) is 4.90 Å². The molecule has 1 saturated heterocycles. The highest BCUT2D eigenvalue weighted by molar-refractivity contribution is 5.95. The van der Waals surface area contributed by atoms with Crippen LogP contribution in [0.5, 0.6) is 0 Å². The molecule has 0 atom stereocenters. The fourth-order valence-electron chi connectivity index (χ4n) is 4.22. The lowest BCUT2D eigenvalue weighted by atomic mass is 9.96. The molecule has 0 spiro atoms. The molecule has 0 unspecified atom stereocenters. The Labute approximate surface area is 167 Å². The van der Waals surface area contributed by atoms with Gasteiger partial charge in [-0.15, -0.1) is 0 Å². The molecular formula is C25H27N2O+. The van der Waals surface area contributed by atoms with Gasteiger partial charge in [0.2, 0.25) is 0 Å².